The van der Waals surface area contributed by atoms with Crippen LogP contribution in [0.5, 0.6) is 0 Å². The molecule has 1 fully saturated rings. The van der Waals surface area contributed by atoms with Gasteiger partial charge in [0, 0.05) is 25.5 Å². The SMILES string of the molecule is CC(C)(C)OC(=O)N1CCC(n2ccnc2)C1. The topological polar surface area (TPSA) is 47.4 Å². The Labute approximate surface area is 101 Å². The quantitative estimate of drug-likeness (QED) is 0.751. The molecule has 1 unspecified atom stereocenters. The van der Waals surface area contributed by atoms with Crippen molar-refractivity contribution >= 4 is 6.09 Å². The molecule has 1 aliphatic rings. The first-order chi connectivity index (χ1) is 7.96. The first-order valence-corrected chi connectivity index (χ1v) is 5.91. The van der Waals surface area contributed by atoms with Crippen LogP contribution in [0.15, 0.2) is 18.7 Å². The molecule has 17 heavy (non-hydrogen) atoms. The molecule has 1 aromatic heterocycles. The van der Waals surface area contributed by atoms with Gasteiger partial charge in [-0.25, -0.2) is 9.78 Å². The third kappa shape index (κ3) is 2.99. The predicted molar refractivity (Wildman–Crippen MR) is 63.7 cm³/mol. The Bertz CT molecular complexity index is 381. The minimum Gasteiger partial charge on any atom is -0.444 e. The summed E-state index contributed by atoms with van der Waals surface area (Å²) < 4.78 is 7.40. The van der Waals surface area contributed by atoms with Gasteiger partial charge in [-0.15, -0.1) is 0 Å². The standard InChI is InChI=1S/C12H19N3O2/c1-12(2,3)17-11(16)14-6-4-10(8-14)15-7-5-13-9-15/h5,7,9-10H,4,6,8H2,1-3H3. The maximum Gasteiger partial charge on any atom is 0.410 e. The lowest BCUT2D eigenvalue weighted by Gasteiger charge is -2.24. The zero-order valence-corrected chi connectivity index (χ0v) is 10.6. The molecule has 1 atom stereocenters. The van der Waals surface area contributed by atoms with Gasteiger partial charge < -0.3 is 14.2 Å². The third-order valence-corrected chi connectivity index (χ3v) is 2.76. The fourth-order valence-corrected chi connectivity index (χ4v) is 1.96. The summed E-state index contributed by atoms with van der Waals surface area (Å²) in [6.45, 7) is 7.10. The molecular formula is C12H19N3O2. The number of hydrogen-bond acceptors (Lipinski definition) is 3. The first kappa shape index (κ1) is 12.0. The van der Waals surface area contributed by atoms with E-state index in [-0.39, 0.29) is 6.09 Å². The summed E-state index contributed by atoms with van der Waals surface area (Å²) in [4.78, 5) is 17.6. The van der Waals surface area contributed by atoms with Gasteiger partial charge >= 0.3 is 6.09 Å². The van der Waals surface area contributed by atoms with Crippen LogP contribution >= 0.6 is 0 Å². The van der Waals surface area contributed by atoms with Crippen molar-refractivity contribution in [1.82, 2.24) is 14.5 Å². The fraction of sp³-hybridized carbons (Fsp3) is 0.667. The lowest BCUT2D eigenvalue weighted by Crippen LogP contribution is -2.35. The van der Waals surface area contributed by atoms with Crippen molar-refractivity contribution in [3.63, 3.8) is 0 Å². The summed E-state index contributed by atoms with van der Waals surface area (Å²) in [5.41, 5.74) is -0.426. The molecule has 94 valence electrons. The maximum atomic E-state index is 11.9. The van der Waals surface area contributed by atoms with Gasteiger partial charge in [-0.05, 0) is 27.2 Å². The first-order valence-electron chi connectivity index (χ1n) is 5.91. The van der Waals surface area contributed by atoms with E-state index in [1.807, 2.05) is 31.5 Å². The highest BCUT2D eigenvalue weighted by Gasteiger charge is 2.30. The molecule has 0 bridgehead atoms. The molecule has 1 aromatic rings. The van der Waals surface area contributed by atoms with Gasteiger partial charge in [0.15, 0.2) is 0 Å². The Balaban J connectivity index is 1.92. The lowest BCUT2D eigenvalue weighted by atomic mass is 10.2. The van der Waals surface area contributed by atoms with Crippen molar-refractivity contribution < 1.29 is 9.53 Å². The normalized spacial score (nSPS) is 20.6. The van der Waals surface area contributed by atoms with E-state index >= 15 is 0 Å². The number of nitrogens with zero attached hydrogens (tertiary/aromatic N) is 3. The van der Waals surface area contributed by atoms with E-state index in [1.54, 1.807) is 17.4 Å². The zero-order valence-electron chi connectivity index (χ0n) is 10.6. The van der Waals surface area contributed by atoms with E-state index in [9.17, 15) is 4.79 Å². The Kier molecular flexibility index (Phi) is 3.09. The van der Waals surface area contributed by atoms with Gasteiger partial charge in [-0.1, -0.05) is 0 Å². The Morgan fingerprint density at radius 2 is 2.24 bits per heavy atom. The largest absolute Gasteiger partial charge is 0.444 e. The Morgan fingerprint density at radius 1 is 1.47 bits per heavy atom. The highest BCUT2D eigenvalue weighted by Crippen LogP contribution is 2.22. The molecule has 5 nitrogen and oxygen atoms in total. The molecule has 5 heteroatoms. The second-order valence-electron chi connectivity index (χ2n) is 5.38. The Morgan fingerprint density at radius 3 is 2.82 bits per heavy atom. The molecule has 0 aromatic carbocycles. The number of imidazole rings is 1. The lowest BCUT2D eigenvalue weighted by molar-refractivity contribution is 0.0289. The van der Waals surface area contributed by atoms with Crippen LogP contribution in [0, 0.1) is 0 Å². The number of amides is 1. The number of carbonyl (C=O) groups is 1. The summed E-state index contributed by atoms with van der Waals surface area (Å²) in [7, 11) is 0. The molecule has 1 aliphatic heterocycles. The highest BCUT2D eigenvalue weighted by molar-refractivity contribution is 5.68. The van der Waals surface area contributed by atoms with Crippen LogP contribution in [0.4, 0.5) is 4.79 Å². The zero-order chi connectivity index (χ0) is 12.5. The second-order valence-corrected chi connectivity index (χ2v) is 5.38. The number of ether oxygens (including phenoxy) is 1. The number of carbonyl (C=O) groups excluding carboxylic acids is 1. The van der Waals surface area contributed by atoms with Crippen LogP contribution in [0.2, 0.25) is 0 Å². The van der Waals surface area contributed by atoms with Crippen molar-refractivity contribution in [3.05, 3.63) is 18.7 Å². The van der Waals surface area contributed by atoms with E-state index in [0.29, 0.717) is 12.6 Å². The van der Waals surface area contributed by atoms with Gasteiger partial charge in [0.2, 0.25) is 0 Å². The van der Waals surface area contributed by atoms with Crippen LogP contribution in [-0.4, -0.2) is 39.2 Å². The minimum atomic E-state index is -0.426. The van der Waals surface area contributed by atoms with Crippen LogP contribution in [-0.2, 0) is 4.74 Å². The van der Waals surface area contributed by atoms with Crippen molar-refractivity contribution in [2.75, 3.05) is 13.1 Å². The Hall–Kier alpha value is -1.52. The number of rotatable bonds is 1. The predicted octanol–water partition coefficient (Wildman–Crippen LogP) is 2.06. The van der Waals surface area contributed by atoms with E-state index in [1.165, 1.54) is 0 Å². The van der Waals surface area contributed by atoms with Gasteiger partial charge in [0.1, 0.15) is 5.60 Å². The summed E-state index contributed by atoms with van der Waals surface area (Å²) in [5, 5.41) is 0. The maximum absolute atomic E-state index is 11.9. The number of hydrogen-bond donors (Lipinski definition) is 0. The molecular weight excluding hydrogens is 218 g/mol. The molecule has 0 aliphatic carbocycles. The van der Waals surface area contributed by atoms with Crippen molar-refractivity contribution in [2.24, 2.45) is 0 Å². The summed E-state index contributed by atoms with van der Waals surface area (Å²) in [6, 6.07) is 0.324. The van der Waals surface area contributed by atoms with Gasteiger partial charge in [-0.2, -0.15) is 0 Å². The van der Waals surface area contributed by atoms with Gasteiger partial charge in [0.05, 0.1) is 12.4 Å². The molecule has 1 amide bonds. The number of likely N-dealkylation sites (tertiary alicyclic amines) is 1. The highest BCUT2D eigenvalue weighted by atomic mass is 16.6. The van der Waals surface area contributed by atoms with Crippen molar-refractivity contribution in [2.45, 2.75) is 38.8 Å². The minimum absolute atomic E-state index is 0.222. The summed E-state index contributed by atoms with van der Waals surface area (Å²) in [6.07, 6.45) is 6.22. The molecule has 2 heterocycles. The molecule has 2 rings (SSSR count). The molecule has 0 radical (unpaired) electrons. The van der Waals surface area contributed by atoms with E-state index in [4.69, 9.17) is 4.74 Å². The van der Waals surface area contributed by atoms with Crippen LogP contribution in [0.25, 0.3) is 0 Å². The average Bonchev–Trinajstić information content (AvgIpc) is 2.86. The van der Waals surface area contributed by atoms with Crippen molar-refractivity contribution in [1.29, 1.82) is 0 Å². The summed E-state index contributed by atoms with van der Waals surface area (Å²) in [5.74, 6) is 0. The molecule has 0 saturated carbocycles. The summed E-state index contributed by atoms with van der Waals surface area (Å²) >= 11 is 0. The molecule has 0 N–H and O–H groups in total. The van der Waals surface area contributed by atoms with Crippen molar-refractivity contribution in [3.8, 4) is 0 Å². The van der Waals surface area contributed by atoms with Crippen LogP contribution in [0.1, 0.15) is 33.2 Å². The van der Waals surface area contributed by atoms with E-state index in [2.05, 4.69) is 4.98 Å². The molecule has 0 spiro atoms. The van der Waals surface area contributed by atoms with E-state index < -0.39 is 5.60 Å². The second kappa shape index (κ2) is 4.39. The van der Waals surface area contributed by atoms with E-state index in [0.717, 1.165) is 13.0 Å². The monoisotopic (exact) mass is 237 g/mol. The molecule has 1 saturated heterocycles. The van der Waals surface area contributed by atoms with Crippen LogP contribution < -0.4 is 0 Å². The number of aromatic nitrogens is 2. The smallest absolute Gasteiger partial charge is 0.410 e. The van der Waals surface area contributed by atoms with Crippen LogP contribution in [0.3, 0.4) is 0 Å². The van der Waals surface area contributed by atoms with Gasteiger partial charge in [0.25, 0.3) is 0 Å². The fourth-order valence-electron chi connectivity index (χ4n) is 1.96. The average molecular weight is 237 g/mol. The van der Waals surface area contributed by atoms with Gasteiger partial charge in [-0.3, -0.25) is 0 Å². The third-order valence-electron chi connectivity index (χ3n) is 2.76.